The van der Waals surface area contributed by atoms with Crippen LogP contribution in [-0.2, 0) is 10.0 Å². The zero-order chi connectivity index (χ0) is 16.4. The summed E-state index contributed by atoms with van der Waals surface area (Å²) >= 11 is 0. The molecule has 0 saturated carbocycles. The highest BCUT2D eigenvalue weighted by Crippen LogP contribution is 2.23. The van der Waals surface area contributed by atoms with Gasteiger partial charge in [-0.2, -0.15) is 0 Å². The van der Waals surface area contributed by atoms with Gasteiger partial charge >= 0.3 is 0 Å². The highest BCUT2D eigenvalue weighted by Gasteiger charge is 2.25. The van der Waals surface area contributed by atoms with E-state index >= 15 is 0 Å². The largest absolute Gasteiger partial charge is 0.399 e. The zero-order valence-electron chi connectivity index (χ0n) is 13.2. The predicted molar refractivity (Wildman–Crippen MR) is 83.1 cm³/mol. The van der Waals surface area contributed by atoms with Crippen molar-refractivity contribution in [1.29, 1.82) is 0 Å². The minimum atomic E-state index is -3.79. The van der Waals surface area contributed by atoms with Gasteiger partial charge in [-0.1, -0.05) is 13.8 Å². The average molecular weight is 317 g/mol. The molecule has 1 rings (SSSR count). The van der Waals surface area contributed by atoms with Crippen LogP contribution < -0.4 is 10.5 Å². The Balaban J connectivity index is 2.98. The van der Waals surface area contributed by atoms with Crippen LogP contribution in [0.25, 0.3) is 0 Å². The summed E-state index contributed by atoms with van der Waals surface area (Å²) in [7, 11) is 0.0551. The Morgan fingerprint density at radius 3 is 2.43 bits per heavy atom. The van der Waals surface area contributed by atoms with E-state index in [0.717, 1.165) is 12.6 Å². The molecule has 0 fully saturated rings. The van der Waals surface area contributed by atoms with Gasteiger partial charge in [-0.3, -0.25) is 0 Å². The van der Waals surface area contributed by atoms with Crippen LogP contribution in [0.5, 0.6) is 0 Å². The molecule has 3 N–H and O–H groups in total. The van der Waals surface area contributed by atoms with E-state index in [1.165, 1.54) is 13.0 Å². The number of halogens is 1. The van der Waals surface area contributed by atoms with Crippen molar-refractivity contribution in [3.8, 4) is 0 Å². The first-order valence-electron chi connectivity index (χ1n) is 6.65. The molecule has 120 valence electrons. The molecule has 0 spiro atoms. The van der Waals surface area contributed by atoms with Crippen LogP contribution in [0, 0.1) is 18.2 Å². The van der Waals surface area contributed by atoms with Crippen molar-refractivity contribution in [2.45, 2.75) is 25.7 Å². The SMILES string of the molecule is Cc1c(F)cc(N)cc1S(=O)(=O)NCC(C)(C)CN(C)C. The van der Waals surface area contributed by atoms with Crippen LogP contribution >= 0.6 is 0 Å². The van der Waals surface area contributed by atoms with Crippen molar-refractivity contribution in [3.05, 3.63) is 23.5 Å². The molecule has 0 aliphatic rings. The van der Waals surface area contributed by atoms with Crippen LogP contribution in [0.1, 0.15) is 19.4 Å². The number of nitrogens with one attached hydrogen (secondary N) is 1. The van der Waals surface area contributed by atoms with E-state index in [-0.39, 0.29) is 28.1 Å². The fourth-order valence-electron chi connectivity index (χ4n) is 2.23. The smallest absolute Gasteiger partial charge is 0.241 e. The number of sulfonamides is 1. The fourth-order valence-corrected chi connectivity index (χ4v) is 3.76. The minimum absolute atomic E-state index is 0.0714. The van der Waals surface area contributed by atoms with Crippen LogP contribution in [-0.4, -0.2) is 40.5 Å². The summed E-state index contributed by atoms with van der Waals surface area (Å²) in [5.74, 6) is -0.622. The molecule has 0 saturated heterocycles. The maximum atomic E-state index is 13.6. The summed E-state index contributed by atoms with van der Waals surface area (Å²) in [6.07, 6.45) is 0. The Kier molecular flexibility index (Phi) is 5.35. The van der Waals surface area contributed by atoms with Gasteiger partial charge in [0.1, 0.15) is 5.82 Å². The third kappa shape index (κ3) is 4.94. The summed E-state index contributed by atoms with van der Waals surface area (Å²) < 4.78 is 40.9. The van der Waals surface area contributed by atoms with Crippen molar-refractivity contribution in [1.82, 2.24) is 9.62 Å². The molecule has 0 aliphatic carbocycles. The number of nitrogen functional groups attached to an aromatic ring is 1. The second kappa shape index (κ2) is 6.29. The Morgan fingerprint density at radius 2 is 1.90 bits per heavy atom. The van der Waals surface area contributed by atoms with Gasteiger partial charge in [0.25, 0.3) is 0 Å². The van der Waals surface area contributed by atoms with E-state index in [1.807, 2.05) is 32.8 Å². The van der Waals surface area contributed by atoms with E-state index in [9.17, 15) is 12.8 Å². The number of hydrogen-bond acceptors (Lipinski definition) is 4. The quantitative estimate of drug-likeness (QED) is 0.781. The van der Waals surface area contributed by atoms with Crippen molar-refractivity contribution >= 4 is 15.7 Å². The second-order valence-electron chi connectivity index (χ2n) is 6.35. The topological polar surface area (TPSA) is 75.4 Å². The van der Waals surface area contributed by atoms with Gasteiger partial charge in [-0.25, -0.2) is 17.5 Å². The third-order valence-corrected chi connectivity index (χ3v) is 4.62. The Hall–Kier alpha value is -1.18. The van der Waals surface area contributed by atoms with Crippen molar-refractivity contribution < 1.29 is 12.8 Å². The standard InChI is InChI=1S/C14H24FN3O2S/c1-10-12(15)6-11(16)7-13(10)21(19,20)17-8-14(2,3)9-18(4)5/h6-7,17H,8-9,16H2,1-5H3. The van der Waals surface area contributed by atoms with Crippen molar-refractivity contribution in [2.75, 3.05) is 32.9 Å². The molecule has 0 aromatic heterocycles. The molecule has 5 nitrogen and oxygen atoms in total. The molecular weight excluding hydrogens is 293 g/mol. The predicted octanol–water partition coefficient (Wildman–Crippen LogP) is 1.58. The van der Waals surface area contributed by atoms with Gasteiger partial charge in [0, 0.05) is 24.3 Å². The minimum Gasteiger partial charge on any atom is -0.399 e. The van der Waals surface area contributed by atoms with E-state index in [4.69, 9.17) is 5.73 Å². The third-order valence-electron chi connectivity index (χ3n) is 3.09. The van der Waals surface area contributed by atoms with Gasteiger partial charge in [0.15, 0.2) is 0 Å². The molecule has 0 heterocycles. The summed E-state index contributed by atoms with van der Waals surface area (Å²) in [6, 6.07) is 2.39. The Labute approximate surface area is 126 Å². The number of anilines is 1. The lowest BCUT2D eigenvalue weighted by atomic mass is 9.93. The summed E-state index contributed by atoms with van der Waals surface area (Å²) in [5, 5.41) is 0. The number of nitrogens with two attached hydrogens (primary N) is 1. The van der Waals surface area contributed by atoms with Crippen molar-refractivity contribution in [3.63, 3.8) is 0 Å². The number of benzene rings is 1. The maximum Gasteiger partial charge on any atom is 0.241 e. The molecule has 0 radical (unpaired) electrons. The molecule has 0 atom stereocenters. The lowest BCUT2D eigenvalue weighted by molar-refractivity contribution is 0.242. The normalized spacial score (nSPS) is 12.9. The highest BCUT2D eigenvalue weighted by molar-refractivity contribution is 7.89. The number of hydrogen-bond donors (Lipinski definition) is 2. The number of nitrogens with zero attached hydrogens (tertiary/aromatic N) is 1. The second-order valence-corrected chi connectivity index (χ2v) is 8.09. The van der Waals surface area contributed by atoms with E-state index in [0.29, 0.717) is 0 Å². The Bertz CT molecular complexity index is 613. The van der Waals surface area contributed by atoms with Crippen LogP contribution in [0.2, 0.25) is 0 Å². The molecule has 0 amide bonds. The monoisotopic (exact) mass is 317 g/mol. The molecule has 1 aromatic carbocycles. The molecular formula is C14H24FN3O2S. The van der Waals surface area contributed by atoms with Gasteiger partial charge in [-0.15, -0.1) is 0 Å². The van der Waals surface area contributed by atoms with Crippen LogP contribution in [0.15, 0.2) is 17.0 Å². The van der Waals surface area contributed by atoms with E-state index in [2.05, 4.69) is 4.72 Å². The lowest BCUT2D eigenvalue weighted by Gasteiger charge is -2.28. The fraction of sp³-hybridized carbons (Fsp3) is 0.571. The van der Waals surface area contributed by atoms with Gasteiger partial charge in [-0.05, 0) is 38.6 Å². The summed E-state index contributed by atoms with van der Waals surface area (Å²) in [5.41, 5.74) is 5.45. The first kappa shape index (κ1) is 17.9. The molecule has 21 heavy (non-hydrogen) atoms. The molecule has 0 bridgehead atoms. The summed E-state index contributed by atoms with van der Waals surface area (Å²) in [6.45, 7) is 6.32. The molecule has 7 heteroatoms. The van der Waals surface area contributed by atoms with Crippen molar-refractivity contribution in [2.24, 2.45) is 5.41 Å². The first-order chi connectivity index (χ1) is 9.44. The van der Waals surface area contributed by atoms with Crippen LogP contribution in [0.3, 0.4) is 0 Å². The first-order valence-corrected chi connectivity index (χ1v) is 8.13. The van der Waals surface area contributed by atoms with Gasteiger partial charge < -0.3 is 10.6 Å². The molecule has 1 aromatic rings. The average Bonchev–Trinajstić information content (AvgIpc) is 2.30. The molecule has 0 aliphatic heterocycles. The summed E-state index contributed by atoms with van der Waals surface area (Å²) in [4.78, 5) is 1.88. The highest BCUT2D eigenvalue weighted by atomic mass is 32.2. The maximum absolute atomic E-state index is 13.6. The molecule has 0 unspecified atom stereocenters. The lowest BCUT2D eigenvalue weighted by Crippen LogP contribution is -2.40. The van der Waals surface area contributed by atoms with Gasteiger partial charge in [0.2, 0.25) is 10.0 Å². The van der Waals surface area contributed by atoms with Crippen LogP contribution in [0.4, 0.5) is 10.1 Å². The van der Waals surface area contributed by atoms with Gasteiger partial charge in [0.05, 0.1) is 4.90 Å². The van der Waals surface area contributed by atoms with E-state index < -0.39 is 15.8 Å². The Morgan fingerprint density at radius 1 is 1.33 bits per heavy atom. The van der Waals surface area contributed by atoms with E-state index in [1.54, 1.807) is 0 Å². The zero-order valence-corrected chi connectivity index (χ0v) is 14.0. The number of rotatable bonds is 6.